The van der Waals surface area contributed by atoms with Crippen LogP contribution in [0, 0.1) is 23.2 Å². The molecule has 2 aromatic rings. The van der Waals surface area contributed by atoms with Crippen molar-refractivity contribution in [2.45, 2.75) is 62.1 Å². The quantitative estimate of drug-likeness (QED) is 0.732. The Balaban J connectivity index is 1.26. The molecule has 1 aromatic heterocycles. The first kappa shape index (κ1) is 19.9. The van der Waals surface area contributed by atoms with Gasteiger partial charge in [-0.25, -0.2) is 8.42 Å². The van der Waals surface area contributed by atoms with Crippen LogP contribution in [-0.4, -0.2) is 20.4 Å². The van der Waals surface area contributed by atoms with E-state index >= 15 is 0 Å². The second kappa shape index (κ2) is 7.26. The summed E-state index contributed by atoms with van der Waals surface area (Å²) in [6.45, 7) is 2.13. The molecule has 5 nitrogen and oxygen atoms in total. The molecule has 4 aliphatic rings. The lowest BCUT2D eigenvalue weighted by Gasteiger charge is -2.59. The molecule has 6 heteroatoms. The molecule has 30 heavy (non-hydrogen) atoms. The monoisotopic (exact) mass is 427 g/mol. The van der Waals surface area contributed by atoms with Gasteiger partial charge in [-0.15, -0.1) is 0 Å². The van der Waals surface area contributed by atoms with Crippen molar-refractivity contribution in [3.05, 3.63) is 54.0 Å². The Morgan fingerprint density at radius 1 is 1.03 bits per heavy atom. The number of rotatable bonds is 6. The average molecular weight is 428 g/mol. The SMILES string of the molecule is CC(NC(=O)c1ccc(CS(=O)(=O)c2ccccc2)o1)C12CC3CC(CC(C3)C1)C2. The summed E-state index contributed by atoms with van der Waals surface area (Å²) >= 11 is 0. The van der Waals surface area contributed by atoms with Crippen LogP contribution < -0.4 is 5.32 Å². The van der Waals surface area contributed by atoms with Gasteiger partial charge in [0, 0.05) is 6.04 Å². The molecule has 4 saturated carbocycles. The van der Waals surface area contributed by atoms with E-state index < -0.39 is 9.84 Å². The first-order valence-electron chi connectivity index (χ1n) is 11.0. The number of hydrogen-bond donors (Lipinski definition) is 1. The molecule has 0 saturated heterocycles. The van der Waals surface area contributed by atoms with Crippen molar-refractivity contribution < 1.29 is 17.6 Å². The molecule has 6 rings (SSSR count). The molecule has 1 atom stereocenters. The van der Waals surface area contributed by atoms with Crippen LogP contribution in [0.3, 0.4) is 0 Å². The van der Waals surface area contributed by atoms with Crippen molar-refractivity contribution in [2.24, 2.45) is 23.2 Å². The second-order valence-corrected chi connectivity index (χ2v) is 11.8. The molecule has 160 valence electrons. The van der Waals surface area contributed by atoms with E-state index in [1.54, 1.807) is 42.5 Å². The van der Waals surface area contributed by atoms with Crippen molar-refractivity contribution in [1.82, 2.24) is 5.32 Å². The molecule has 1 amide bonds. The zero-order chi connectivity index (χ0) is 20.9. The van der Waals surface area contributed by atoms with E-state index in [-0.39, 0.29) is 39.5 Å². The normalized spacial score (nSPS) is 30.9. The molecule has 1 heterocycles. The number of carbonyl (C=O) groups excluding carboxylic acids is 1. The highest BCUT2D eigenvalue weighted by molar-refractivity contribution is 7.90. The fraction of sp³-hybridized carbons (Fsp3) is 0.542. The van der Waals surface area contributed by atoms with Crippen LogP contribution in [0.4, 0.5) is 0 Å². The lowest BCUT2D eigenvalue weighted by Crippen LogP contribution is -2.55. The number of amides is 1. The van der Waals surface area contributed by atoms with Gasteiger partial charge >= 0.3 is 0 Å². The highest BCUT2D eigenvalue weighted by Gasteiger charge is 2.53. The van der Waals surface area contributed by atoms with Crippen LogP contribution in [0.25, 0.3) is 0 Å². The molecule has 4 bridgehead atoms. The van der Waals surface area contributed by atoms with E-state index in [9.17, 15) is 13.2 Å². The summed E-state index contributed by atoms with van der Waals surface area (Å²) in [6, 6.07) is 11.6. The highest BCUT2D eigenvalue weighted by Crippen LogP contribution is 2.61. The molecule has 0 aliphatic heterocycles. The van der Waals surface area contributed by atoms with E-state index in [0.717, 1.165) is 17.8 Å². The lowest BCUT2D eigenvalue weighted by atomic mass is 9.48. The molecule has 0 radical (unpaired) electrons. The van der Waals surface area contributed by atoms with Gasteiger partial charge in [0.15, 0.2) is 15.6 Å². The predicted octanol–water partition coefficient (Wildman–Crippen LogP) is 4.59. The first-order valence-corrected chi connectivity index (χ1v) is 12.7. The van der Waals surface area contributed by atoms with Crippen LogP contribution >= 0.6 is 0 Å². The van der Waals surface area contributed by atoms with Gasteiger partial charge < -0.3 is 9.73 Å². The Morgan fingerprint density at radius 2 is 1.63 bits per heavy atom. The summed E-state index contributed by atoms with van der Waals surface area (Å²) in [7, 11) is -3.50. The smallest absolute Gasteiger partial charge is 0.287 e. The van der Waals surface area contributed by atoms with Crippen LogP contribution in [-0.2, 0) is 15.6 Å². The van der Waals surface area contributed by atoms with Crippen molar-refractivity contribution in [2.75, 3.05) is 0 Å². The molecule has 1 aromatic carbocycles. The van der Waals surface area contributed by atoms with Crippen LogP contribution in [0.15, 0.2) is 51.8 Å². The number of benzene rings is 1. The Kier molecular flexibility index (Phi) is 4.80. The Labute approximate surface area is 178 Å². The summed E-state index contributed by atoms with van der Waals surface area (Å²) < 4.78 is 30.7. The van der Waals surface area contributed by atoms with E-state index in [4.69, 9.17) is 4.42 Å². The fourth-order valence-electron chi connectivity index (χ4n) is 6.60. The maximum atomic E-state index is 12.8. The van der Waals surface area contributed by atoms with E-state index in [1.807, 2.05) is 0 Å². The van der Waals surface area contributed by atoms with Gasteiger partial charge in [0.2, 0.25) is 0 Å². The third-order valence-corrected chi connectivity index (χ3v) is 9.33. The summed E-state index contributed by atoms with van der Waals surface area (Å²) in [5, 5.41) is 3.18. The highest BCUT2D eigenvalue weighted by atomic mass is 32.2. The Bertz CT molecular complexity index is 1000. The maximum Gasteiger partial charge on any atom is 0.287 e. The van der Waals surface area contributed by atoms with Gasteiger partial charge in [-0.2, -0.15) is 0 Å². The first-order chi connectivity index (χ1) is 14.3. The van der Waals surface area contributed by atoms with Gasteiger partial charge in [-0.05, 0) is 92.9 Å². The standard InChI is InChI=1S/C24H29NO4S/c1-16(24-12-17-9-18(13-24)11-19(10-17)14-24)25-23(26)22-8-7-20(29-22)15-30(27,28)21-5-3-2-4-6-21/h2-8,16-19H,9-15H2,1H3,(H,25,26). The summed E-state index contributed by atoms with van der Waals surface area (Å²) in [6.07, 6.45) is 7.78. The van der Waals surface area contributed by atoms with Crippen molar-refractivity contribution in [1.29, 1.82) is 0 Å². The summed E-state index contributed by atoms with van der Waals surface area (Å²) in [5.41, 5.74) is 0.219. The number of furan rings is 1. The number of hydrogen-bond acceptors (Lipinski definition) is 4. The van der Waals surface area contributed by atoms with Crippen molar-refractivity contribution >= 4 is 15.7 Å². The lowest BCUT2D eigenvalue weighted by molar-refractivity contribution is -0.0688. The van der Waals surface area contributed by atoms with Gasteiger partial charge in [0.1, 0.15) is 11.5 Å². The number of sulfone groups is 1. The predicted molar refractivity (Wildman–Crippen MR) is 114 cm³/mol. The minimum atomic E-state index is -3.50. The number of nitrogens with one attached hydrogen (secondary N) is 1. The van der Waals surface area contributed by atoms with E-state index in [0.29, 0.717) is 0 Å². The van der Waals surface area contributed by atoms with Crippen molar-refractivity contribution in [3.8, 4) is 0 Å². The zero-order valence-electron chi connectivity index (χ0n) is 17.3. The molecular formula is C24H29NO4S. The second-order valence-electron chi connectivity index (χ2n) is 9.81. The van der Waals surface area contributed by atoms with E-state index in [1.165, 1.54) is 38.5 Å². The third-order valence-electron chi connectivity index (χ3n) is 7.67. The largest absolute Gasteiger partial charge is 0.455 e. The molecule has 4 fully saturated rings. The molecule has 4 aliphatic carbocycles. The minimum Gasteiger partial charge on any atom is -0.455 e. The Morgan fingerprint density at radius 3 is 2.23 bits per heavy atom. The third kappa shape index (κ3) is 3.59. The summed E-state index contributed by atoms with van der Waals surface area (Å²) in [4.78, 5) is 13.1. The zero-order valence-corrected chi connectivity index (χ0v) is 18.2. The Hall–Kier alpha value is -2.08. The van der Waals surface area contributed by atoms with Crippen LogP contribution in [0.5, 0.6) is 0 Å². The average Bonchev–Trinajstić information content (AvgIpc) is 3.15. The van der Waals surface area contributed by atoms with Gasteiger partial charge in [-0.3, -0.25) is 4.79 Å². The van der Waals surface area contributed by atoms with Crippen molar-refractivity contribution in [3.63, 3.8) is 0 Å². The van der Waals surface area contributed by atoms with Gasteiger partial charge in [-0.1, -0.05) is 18.2 Å². The maximum absolute atomic E-state index is 12.8. The topological polar surface area (TPSA) is 76.4 Å². The number of carbonyl (C=O) groups is 1. The van der Waals surface area contributed by atoms with Gasteiger partial charge in [0.05, 0.1) is 4.90 Å². The molecule has 1 unspecified atom stereocenters. The summed E-state index contributed by atoms with van der Waals surface area (Å²) in [5.74, 6) is 2.45. The molecular weight excluding hydrogens is 398 g/mol. The minimum absolute atomic E-state index is 0.0972. The van der Waals surface area contributed by atoms with Gasteiger partial charge in [0.25, 0.3) is 5.91 Å². The van der Waals surface area contributed by atoms with Crippen LogP contribution in [0.1, 0.15) is 61.8 Å². The van der Waals surface area contributed by atoms with E-state index in [2.05, 4.69) is 12.2 Å². The molecule has 1 N–H and O–H groups in total. The van der Waals surface area contributed by atoms with Crippen LogP contribution in [0.2, 0.25) is 0 Å². The fourth-order valence-corrected chi connectivity index (χ4v) is 7.87. The molecule has 0 spiro atoms.